The maximum atomic E-state index is 11.9. The largest absolute Gasteiger partial charge is 0.351 e. The van der Waals surface area contributed by atoms with E-state index in [2.05, 4.69) is 26.8 Å². The molecule has 2 aromatic heterocycles. The van der Waals surface area contributed by atoms with Crippen molar-refractivity contribution in [2.45, 2.75) is 26.2 Å². The van der Waals surface area contributed by atoms with Crippen molar-refractivity contribution in [1.29, 1.82) is 0 Å². The Morgan fingerprint density at radius 3 is 3.06 bits per heavy atom. The summed E-state index contributed by atoms with van der Waals surface area (Å²) in [6.07, 6.45) is 2.51. The summed E-state index contributed by atoms with van der Waals surface area (Å²) in [7, 11) is 0. The quantitative estimate of drug-likeness (QED) is 0.879. The van der Waals surface area contributed by atoms with Crippen LogP contribution in [0, 0.1) is 0 Å². The molecule has 0 saturated heterocycles. The standard InChI is InChI=1S/C11H14N4OS2/c1-2-3-9-10(18-15-14-9)11(16)12-5-4-8-6-17-7-13-8/h6-7H,2-5H2,1H3,(H,12,16). The van der Waals surface area contributed by atoms with Gasteiger partial charge in [0.05, 0.1) is 16.9 Å². The molecular weight excluding hydrogens is 268 g/mol. The molecule has 0 spiro atoms. The van der Waals surface area contributed by atoms with Crippen molar-refractivity contribution in [3.05, 3.63) is 27.2 Å². The lowest BCUT2D eigenvalue weighted by atomic mass is 10.2. The molecule has 0 aliphatic rings. The summed E-state index contributed by atoms with van der Waals surface area (Å²) < 4.78 is 3.84. The summed E-state index contributed by atoms with van der Waals surface area (Å²) in [6, 6.07) is 0. The first kappa shape index (κ1) is 13.1. The van der Waals surface area contributed by atoms with Gasteiger partial charge in [0.1, 0.15) is 4.88 Å². The van der Waals surface area contributed by atoms with Crippen LogP contribution in [0.1, 0.15) is 34.4 Å². The first-order valence-electron chi connectivity index (χ1n) is 5.77. The van der Waals surface area contributed by atoms with Gasteiger partial charge in [0.15, 0.2) is 0 Å². The van der Waals surface area contributed by atoms with Gasteiger partial charge in [-0.25, -0.2) is 4.98 Å². The van der Waals surface area contributed by atoms with Crippen molar-refractivity contribution in [1.82, 2.24) is 19.9 Å². The molecule has 0 aliphatic heterocycles. The van der Waals surface area contributed by atoms with Crippen LogP contribution >= 0.6 is 22.9 Å². The van der Waals surface area contributed by atoms with E-state index in [4.69, 9.17) is 0 Å². The number of carbonyl (C=O) groups is 1. The van der Waals surface area contributed by atoms with Crippen molar-refractivity contribution >= 4 is 28.8 Å². The van der Waals surface area contributed by atoms with Crippen LogP contribution in [0.4, 0.5) is 0 Å². The zero-order valence-corrected chi connectivity index (χ0v) is 11.7. The summed E-state index contributed by atoms with van der Waals surface area (Å²) in [5, 5.41) is 8.85. The average molecular weight is 282 g/mol. The van der Waals surface area contributed by atoms with Gasteiger partial charge in [0, 0.05) is 18.3 Å². The van der Waals surface area contributed by atoms with Gasteiger partial charge < -0.3 is 5.32 Å². The second-order valence-electron chi connectivity index (χ2n) is 3.78. The highest BCUT2D eigenvalue weighted by Gasteiger charge is 2.14. The molecule has 2 rings (SSSR count). The number of amides is 1. The Morgan fingerprint density at radius 2 is 2.33 bits per heavy atom. The van der Waals surface area contributed by atoms with Crippen molar-refractivity contribution in [3.8, 4) is 0 Å². The van der Waals surface area contributed by atoms with Gasteiger partial charge in [-0.2, -0.15) is 0 Å². The van der Waals surface area contributed by atoms with Crippen LogP contribution in [0.15, 0.2) is 10.9 Å². The first-order valence-corrected chi connectivity index (χ1v) is 7.49. The lowest BCUT2D eigenvalue weighted by Crippen LogP contribution is -2.25. The zero-order chi connectivity index (χ0) is 12.8. The molecule has 0 aromatic carbocycles. The number of aryl methyl sites for hydroxylation is 1. The van der Waals surface area contributed by atoms with Crippen LogP contribution in [-0.2, 0) is 12.8 Å². The van der Waals surface area contributed by atoms with Crippen LogP contribution in [0.2, 0.25) is 0 Å². The summed E-state index contributed by atoms with van der Waals surface area (Å²) in [4.78, 5) is 16.7. The van der Waals surface area contributed by atoms with Gasteiger partial charge in [0.25, 0.3) is 5.91 Å². The highest BCUT2D eigenvalue weighted by atomic mass is 32.1. The SMILES string of the molecule is CCCc1nnsc1C(=O)NCCc1cscn1. The highest BCUT2D eigenvalue weighted by molar-refractivity contribution is 7.08. The fourth-order valence-corrected chi connectivity index (χ4v) is 2.74. The molecule has 96 valence electrons. The number of nitrogens with zero attached hydrogens (tertiary/aromatic N) is 3. The number of hydrogen-bond acceptors (Lipinski definition) is 6. The second kappa shape index (κ2) is 6.55. The molecule has 0 unspecified atom stereocenters. The minimum atomic E-state index is -0.0799. The molecule has 0 bridgehead atoms. The van der Waals surface area contributed by atoms with E-state index in [-0.39, 0.29) is 5.91 Å². The van der Waals surface area contributed by atoms with Gasteiger partial charge in [-0.05, 0) is 18.0 Å². The van der Waals surface area contributed by atoms with Gasteiger partial charge in [0.2, 0.25) is 0 Å². The number of carbonyl (C=O) groups excluding carboxylic acids is 1. The number of nitrogens with one attached hydrogen (secondary N) is 1. The van der Waals surface area contributed by atoms with Crippen LogP contribution in [-0.4, -0.2) is 27.0 Å². The molecule has 5 nitrogen and oxygen atoms in total. The second-order valence-corrected chi connectivity index (χ2v) is 5.26. The van der Waals surface area contributed by atoms with Crippen molar-refractivity contribution in [2.24, 2.45) is 0 Å². The van der Waals surface area contributed by atoms with E-state index in [0.29, 0.717) is 11.4 Å². The molecule has 0 aliphatic carbocycles. The maximum absolute atomic E-state index is 11.9. The summed E-state index contributed by atoms with van der Waals surface area (Å²) in [5.74, 6) is -0.0799. The fraction of sp³-hybridized carbons (Fsp3) is 0.455. The molecule has 18 heavy (non-hydrogen) atoms. The number of rotatable bonds is 6. The predicted molar refractivity (Wildman–Crippen MR) is 72.1 cm³/mol. The first-order chi connectivity index (χ1) is 8.81. The third-order valence-corrected chi connectivity index (χ3v) is 3.80. The third-order valence-electron chi connectivity index (χ3n) is 2.40. The van der Waals surface area contributed by atoms with E-state index in [1.54, 1.807) is 16.8 Å². The molecule has 0 fully saturated rings. The predicted octanol–water partition coefficient (Wildman–Crippen LogP) is 1.92. The zero-order valence-electron chi connectivity index (χ0n) is 10.0. The van der Waals surface area contributed by atoms with Crippen LogP contribution < -0.4 is 5.32 Å². The lowest BCUT2D eigenvalue weighted by molar-refractivity contribution is 0.0957. The normalized spacial score (nSPS) is 10.5. The van der Waals surface area contributed by atoms with E-state index in [0.717, 1.165) is 42.2 Å². The van der Waals surface area contributed by atoms with Crippen LogP contribution in [0.5, 0.6) is 0 Å². The van der Waals surface area contributed by atoms with Crippen LogP contribution in [0.25, 0.3) is 0 Å². The summed E-state index contributed by atoms with van der Waals surface area (Å²) >= 11 is 2.72. The number of thiazole rings is 1. The minimum absolute atomic E-state index is 0.0799. The van der Waals surface area contributed by atoms with Gasteiger partial charge in [-0.3, -0.25) is 4.79 Å². The minimum Gasteiger partial charge on any atom is -0.351 e. The Bertz CT molecular complexity index is 495. The van der Waals surface area contributed by atoms with E-state index < -0.39 is 0 Å². The Balaban J connectivity index is 1.85. The molecule has 0 radical (unpaired) electrons. The molecular formula is C11H14N4OS2. The van der Waals surface area contributed by atoms with Crippen LogP contribution in [0.3, 0.4) is 0 Å². The molecule has 1 N–H and O–H groups in total. The molecule has 2 heterocycles. The number of aromatic nitrogens is 3. The average Bonchev–Trinajstić information content (AvgIpc) is 3.00. The van der Waals surface area contributed by atoms with Gasteiger partial charge in [-0.15, -0.1) is 16.4 Å². The third kappa shape index (κ3) is 3.33. The summed E-state index contributed by atoms with van der Waals surface area (Å²) in [5.41, 5.74) is 3.61. The van der Waals surface area contributed by atoms with E-state index >= 15 is 0 Å². The Kier molecular flexibility index (Phi) is 4.77. The highest BCUT2D eigenvalue weighted by Crippen LogP contribution is 2.12. The van der Waals surface area contributed by atoms with Crippen molar-refractivity contribution in [2.75, 3.05) is 6.54 Å². The van der Waals surface area contributed by atoms with Gasteiger partial charge in [-0.1, -0.05) is 17.8 Å². The molecule has 2 aromatic rings. The van der Waals surface area contributed by atoms with E-state index in [1.165, 1.54) is 0 Å². The van der Waals surface area contributed by atoms with Crippen molar-refractivity contribution < 1.29 is 4.79 Å². The van der Waals surface area contributed by atoms with Crippen molar-refractivity contribution in [3.63, 3.8) is 0 Å². The monoisotopic (exact) mass is 282 g/mol. The Morgan fingerprint density at radius 1 is 1.44 bits per heavy atom. The smallest absolute Gasteiger partial charge is 0.264 e. The molecule has 0 atom stereocenters. The Labute approximate surface area is 113 Å². The molecule has 7 heteroatoms. The van der Waals surface area contributed by atoms with Gasteiger partial charge >= 0.3 is 0 Å². The molecule has 1 amide bonds. The Hall–Kier alpha value is -1.34. The van der Waals surface area contributed by atoms with E-state index in [1.807, 2.05) is 5.38 Å². The lowest BCUT2D eigenvalue weighted by Gasteiger charge is -2.02. The van der Waals surface area contributed by atoms with E-state index in [9.17, 15) is 4.79 Å². The number of hydrogen-bond donors (Lipinski definition) is 1. The fourth-order valence-electron chi connectivity index (χ4n) is 1.53. The topological polar surface area (TPSA) is 67.8 Å². The molecule has 0 saturated carbocycles. The maximum Gasteiger partial charge on any atom is 0.264 e. The summed E-state index contributed by atoms with van der Waals surface area (Å²) in [6.45, 7) is 2.65.